The fourth-order valence-electron chi connectivity index (χ4n) is 2.37. The Hall–Kier alpha value is -1.86. The molecule has 0 unspecified atom stereocenters. The Morgan fingerprint density at radius 2 is 1.96 bits per heavy atom. The monoisotopic (exact) mass is 496 g/mol. The number of nitrogens with zero attached hydrogens (tertiary/aromatic N) is 1. The number of methoxy groups -OCH3 is 1. The van der Waals surface area contributed by atoms with Crippen LogP contribution in [0.25, 0.3) is 0 Å². The summed E-state index contributed by atoms with van der Waals surface area (Å²) in [7, 11) is 1.57. The fraction of sp³-hybridized carbons (Fsp3) is 0.300. The van der Waals surface area contributed by atoms with E-state index < -0.39 is 0 Å². The molecule has 27 heavy (non-hydrogen) atoms. The highest BCUT2D eigenvalue weighted by molar-refractivity contribution is 9.11. The maximum atomic E-state index is 11.9. The fourth-order valence-corrected chi connectivity index (χ4v) is 3.79. The summed E-state index contributed by atoms with van der Waals surface area (Å²) < 4.78 is 12.5. The summed E-state index contributed by atoms with van der Waals surface area (Å²) >= 11 is 6.84. The van der Waals surface area contributed by atoms with Gasteiger partial charge >= 0.3 is 0 Å². The first-order valence-electron chi connectivity index (χ1n) is 8.52. The Morgan fingerprint density at radius 3 is 2.59 bits per heavy atom. The van der Waals surface area contributed by atoms with Gasteiger partial charge < -0.3 is 9.47 Å². The molecule has 0 saturated heterocycles. The number of ether oxygens (including phenoxy) is 2. The van der Waals surface area contributed by atoms with E-state index in [2.05, 4.69) is 56.2 Å². The Labute approximate surface area is 176 Å². The molecule has 1 N–H and O–H groups in total. The predicted octanol–water partition coefficient (Wildman–Crippen LogP) is 5.26. The van der Waals surface area contributed by atoms with Gasteiger partial charge in [-0.2, -0.15) is 5.10 Å². The molecule has 0 fully saturated rings. The highest BCUT2D eigenvalue weighted by Crippen LogP contribution is 2.31. The van der Waals surface area contributed by atoms with Gasteiger partial charge in [0.1, 0.15) is 11.5 Å². The van der Waals surface area contributed by atoms with Crippen LogP contribution in [0.2, 0.25) is 0 Å². The van der Waals surface area contributed by atoms with Gasteiger partial charge in [-0.15, -0.1) is 0 Å². The first kappa shape index (κ1) is 21.4. The third-order valence-corrected chi connectivity index (χ3v) is 5.11. The average molecular weight is 498 g/mol. The number of halogens is 2. The van der Waals surface area contributed by atoms with Crippen molar-refractivity contribution < 1.29 is 14.3 Å². The Bertz CT molecular complexity index is 808. The van der Waals surface area contributed by atoms with Crippen molar-refractivity contribution in [1.29, 1.82) is 0 Å². The Kier molecular flexibility index (Phi) is 8.31. The highest BCUT2D eigenvalue weighted by atomic mass is 79.9. The van der Waals surface area contributed by atoms with E-state index in [-0.39, 0.29) is 12.5 Å². The van der Waals surface area contributed by atoms with Crippen LogP contribution in [-0.4, -0.2) is 25.8 Å². The lowest BCUT2D eigenvalue weighted by molar-refractivity contribution is -0.123. The van der Waals surface area contributed by atoms with Crippen LogP contribution < -0.4 is 14.9 Å². The first-order chi connectivity index (χ1) is 12.9. The van der Waals surface area contributed by atoms with Crippen molar-refractivity contribution in [1.82, 2.24) is 5.43 Å². The summed E-state index contributed by atoms with van der Waals surface area (Å²) in [5, 5.41) is 3.97. The van der Waals surface area contributed by atoms with E-state index in [9.17, 15) is 4.79 Å². The summed E-state index contributed by atoms with van der Waals surface area (Å²) in [5.74, 6) is 1.45. The number of hydrazone groups is 1. The summed E-state index contributed by atoms with van der Waals surface area (Å²) in [6, 6.07) is 11.5. The molecule has 2 aromatic carbocycles. The minimum Gasteiger partial charge on any atom is -0.495 e. The summed E-state index contributed by atoms with van der Waals surface area (Å²) in [6.07, 6.45) is 2.60. The third kappa shape index (κ3) is 6.36. The molecule has 5 nitrogen and oxygen atoms in total. The number of rotatable bonds is 8. The topological polar surface area (TPSA) is 59.9 Å². The lowest BCUT2D eigenvalue weighted by Gasteiger charge is -2.10. The second kappa shape index (κ2) is 10.5. The minimum absolute atomic E-state index is 0.112. The van der Waals surface area contributed by atoms with E-state index in [1.807, 2.05) is 36.4 Å². The molecule has 0 bridgehead atoms. The highest BCUT2D eigenvalue weighted by Gasteiger charge is 2.08. The molecule has 0 radical (unpaired) electrons. The molecule has 0 spiro atoms. The van der Waals surface area contributed by atoms with E-state index in [1.54, 1.807) is 7.11 Å². The average Bonchev–Trinajstić information content (AvgIpc) is 2.66. The van der Waals surface area contributed by atoms with Crippen LogP contribution in [0.3, 0.4) is 0 Å². The summed E-state index contributed by atoms with van der Waals surface area (Å²) in [5.41, 5.74) is 4.43. The molecule has 0 aliphatic rings. The van der Waals surface area contributed by atoms with E-state index in [1.165, 1.54) is 11.8 Å². The molecule has 0 saturated carbocycles. The van der Waals surface area contributed by atoms with E-state index >= 15 is 0 Å². The first-order valence-corrected chi connectivity index (χ1v) is 10.1. The second-order valence-electron chi connectivity index (χ2n) is 5.97. The van der Waals surface area contributed by atoms with Gasteiger partial charge in [-0.25, -0.2) is 5.43 Å². The van der Waals surface area contributed by atoms with Crippen molar-refractivity contribution in [2.24, 2.45) is 5.10 Å². The SMILES string of the molecule is CC[C@H](C)c1ccc(OCC(=O)N/N=C/c2cc(Br)cc(Br)c2OC)cc1. The largest absolute Gasteiger partial charge is 0.495 e. The number of benzene rings is 2. The standard InChI is InChI=1S/C20H22Br2N2O3/c1-4-13(2)14-5-7-17(8-6-14)27-12-19(25)24-23-11-15-9-16(21)10-18(22)20(15)26-3/h5-11,13H,4,12H2,1-3H3,(H,24,25)/b23-11+/t13-/m0/s1. The molecule has 0 aliphatic carbocycles. The predicted molar refractivity (Wildman–Crippen MR) is 115 cm³/mol. The normalized spacial score (nSPS) is 12.0. The molecular weight excluding hydrogens is 476 g/mol. The van der Waals surface area contributed by atoms with Crippen molar-refractivity contribution in [3.8, 4) is 11.5 Å². The van der Waals surface area contributed by atoms with Crippen molar-refractivity contribution >= 4 is 44.0 Å². The van der Waals surface area contributed by atoms with Crippen LogP contribution in [0, 0.1) is 0 Å². The van der Waals surface area contributed by atoms with Gasteiger partial charge in [-0.05, 0) is 58.1 Å². The smallest absolute Gasteiger partial charge is 0.277 e. The number of hydrogen-bond donors (Lipinski definition) is 1. The van der Waals surface area contributed by atoms with Gasteiger partial charge in [0.2, 0.25) is 0 Å². The van der Waals surface area contributed by atoms with Gasteiger partial charge in [-0.1, -0.05) is 41.9 Å². The van der Waals surface area contributed by atoms with Crippen molar-refractivity contribution in [2.45, 2.75) is 26.2 Å². The lowest BCUT2D eigenvalue weighted by Crippen LogP contribution is -2.24. The molecule has 7 heteroatoms. The molecule has 0 heterocycles. The quantitative estimate of drug-likeness (QED) is 0.399. The lowest BCUT2D eigenvalue weighted by atomic mass is 9.99. The zero-order valence-electron chi connectivity index (χ0n) is 15.5. The maximum absolute atomic E-state index is 11.9. The Balaban J connectivity index is 1.89. The maximum Gasteiger partial charge on any atom is 0.277 e. The number of carbonyl (C=O) groups excluding carboxylic acids is 1. The molecule has 144 valence electrons. The van der Waals surface area contributed by atoms with Crippen molar-refractivity contribution in [3.05, 3.63) is 56.5 Å². The van der Waals surface area contributed by atoms with E-state index in [0.717, 1.165) is 20.9 Å². The molecule has 0 aromatic heterocycles. The van der Waals surface area contributed by atoms with Crippen LogP contribution in [0.4, 0.5) is 0 Å². The van der Waals surface area contributed by atoms with Gasteiger partial charge in [-0.3, -0.25) is 4.79 Å². The zero-order valence-corrected chi connectivity index (χ0v) is 18.6. The molecule has 1 amide bonds. The van der Waals surface area contributed by atoms with Gasteiger partial charge in [0, 0.05) is 10.0 Å². The van der Waals surface area contributed by atoms with Crippen LogP contribution in [0.5, 0.6) is 11.5 Å². The van der Waals surface area contributed by atoms with Crippen LogP contribution in [-0.2, 0) is 4.79 Å². The van der Waals surface area contributed by atoms with Crippen LogP contribution in [0.1, 0.15) is 37.3 Å². The van der Waals surface area contributed by atoms with Crippen molar-refractivity contribution in [2.75, 3.05) is 13.7 Å². The number of amides is 1. The molecular formula is C20H22Br2N2O3. The Morgan fingerprint density at radius 1 is 1.26 bits per heavy atom. The molecule has 1 atom stereocenters. The molecule has 2 rings (SSSR count). The zero-order chi connectivity index (χ0) is 19.8. The summed E-state index contributed by atoms with van der Waals surface area (Å²) in [4.78, 5) is 11.9. The van der Waals surface area contributed by atoms with Gasteiger partial charge in [0.05, 0.1) is 17.8 Å². The molecule has 0 aliphatic heterocycles. The van der Waals surface area contributed by atoms with Gasteiger partial charge in [0.25, 0.3) is 5.91 Å². The van der Waals surface area contributed by atoms with Crippen LogP contribution >= 0.6 is 31.9 Å². The summed E-state index contributed by atoms with van der Waals surface area (Å²) in [6.45, 7) is 4.22. The van der Waals surface area contributed by atoms with Crippen LogP contribution in [0.15, 0.2) is 50.4 Å². The van der Waals surface area contributed by atoms with Crippen molar-refractivity contribution in [3.63, 3.8) is 0 Å². The number of hydrogen-bond acceptors (Lipinski definition) is 4. The van der Waals surface area contributed by atoms with Gasteiger partial charge in [0.15, 0.2) is 6.61 Å². The second-order valence-corrected chi connectivity index (χ2v) is 7.74. The van der Waals surface area contributed by atoms with E-state index in [0.29, 0.717) is 17.4 Å². The molecule has 2 aromatic rings. The number of carbonyl (C=O) groups is 1. The number of nitrogens with one attached hydrogen (secondary N) is 1. The third-order valence-electron chi connectivity index (χ3n) is 4.07. The van der Waals surface area contributed by atoms with E-state index in [4.69, 9.17) is 9.47 Å². The minimum atomic E-state index is -0.342.